The quantitative estimate of drug-likeness (QED) is 0.425. The van der Waals surface area contributed by atoms with Gasteiger partial charge < -0.3 is 14.7 Å². The molecule has 186 valence electrons. The van der Waals surface area contributed by atoms with Crippen molar-refractivity contribution in [2.75, 3.05) is 30.0 Å². The molecule has 0 aliphatic carbocycles. The third-order valence-corrected chi connectivity index (χ3v) is 7.62. The Morgan fingerprint density at radius 3 is 2.32 bits per heavy atom. The van der Waals surface area contributed by atoms with Gasteiger partial charge in [-0.05, 0) is 60.9 Å². The fourth-order valence-electron chi connectivity index (χ4n) is 5.56. The molecule has 3 heterocycles. The molecular formula is C30H28N4O3. The highest BCUT2D eigenvalue weighted by Crippen LogP contribution is 2.49. The van der Waals surface area contributed by atoms with Crippen molar-refractivity contribution in [3.05, 3.63) is 96.1 Å². The zero-order valence-corrected chi connectivity index (χ0v) is 20.7. The first kappa shape index (κ1) is 23.0. The van der Waals surface area contributed by atoms with Crippen LogP contribution in [0.15, 0.2) is 84.9 Å². The number of hydrogen-bond acceptors (Lipinski definition) is 6. The average molecular weight is 493 g/mol. The van der Waals surface area contributed by atoms with Crippen LogP contribution in [0.1, 0.15) is 24.0 Å². The number of phenolic OH excluding ortho intramolecular Hbond substituents is 1. The normalized spacial score (nSPS) is 16.2. The summed E-state index contributed by atoms with van der Waals surface area (Å²) in [6.45, 7) is 1.93. The van der Waals surface area contributed by atoms with E-state index in [2.05, 4.69) is 27.2 Å². The van der Waals surface area contributed by atoms with Crippen molar-refractivity contribution < 1.29 is 14.6 Å². The number of aromatic nitrogens is 2. The number of ether oxygens (including phenoxy) is 1. The number of amides is 1. The summed E-state index contributed by atoms with van der Waals surface area (Å²) in [7, 11) is 1.64. The molecular weight excluding hydrogens is 464 g/mol. The van der Waals surface area contributed by atoms with Gasteiger partial charge in [-0.3, -0.25) is 9.69 Å². The molecule has 37 heavy (non-hydrogen) atoms. The van der Waals surface area contributed by atoms with Gasteiger partial charge in [0, 0.05) is 29.9 Å². The van der Waals surface area contributed by atoms with Gasteiger partial charge in [-0.15, -0.1) is 10.2 Å². The molecule has 2 aliphatic heterocycles. The number of aromatic hydroxyl groups is 1. The first-order chi connectivity index (χ1) is 18.1. The fraction of sp³-hybridized carbons (Fsp3) is 0.233. The molecule has 1 amide bonds. The summed E-state index contributed by atoms with van der Waals surface area (Å²) < 4.78 is 5.29. The Balaban J connectivity index is 1.39. The van der Waals surface area contributed by atoms with Gasteiger partial charge in [-0.2, -0.15) is 0 Å². The van der Waals surface area contributed by atoms with Crippen LogP contribution in [0, 0.1) is 0 Å². The monoisotopic (exact) mass is 492 g/mol. The van der Waals surface area contributed by atoms with Crippen molar-refractivity contribution in [3.63, 3.8) is 0 Å². The van der Waals surface area contributed by atoms with E-state index in [1.54, 1.807) is 24.1 Å². The molecule has 0 atom stereocenters. The minimum Gasteiger partial charge on any atom is -0.507 e. The van der Waals surface area contributed by atoms with E-state index in [9.17, 15) is 9.90 Å². The predicted octanol–water partition coefficient (Wildman–Crippen LogP) is 4.94. The summed E-state index contributed by atoms with van der Waals surface area (Å²) in [5.74, 6) is 1.58. The molecule has 2 aliphatic rings. The number of anilines is 2. The number of carbonyl (C=O) groups excluding carboxylic acids is 1. The Morgan fingerprint density at radius 2 is 1.62 bits per heavy atom. The van der Waals surface area contributed by atoms with Crippen LogP contribution in [-0.2, 0) is 16.8 Å². The van der Waals surface area contributed by atoms with Gasteiger partial charge in [0.05, 0.1) is 24.8 Å². The van der Waals surface area contributed by atoms with Crippen LogP contribution in [0.3, 0.4) is 0 Å². The highest BCUT2D eigenvalue weighted by atomic mass is 16.5. The van der Waals surface area contributed by atoms with Crippen molar-refractivity contribution in [2.45, 2.75) is 24.8 Å². The van der Waals surface area contributed by atoms with Crippen molar-refractivity contribution in [1.29, 1.82) is 0 Å². The average Bonchev–Trinajstić information content (AvgIpc) is 3.17. The maximum atomic E-state index is 14.2. The van der Waals surface area contributed by atoms with Crippen LogP contribution < -0.4 is 14.5 Å². The lowest BCUT2D eigenvalue weighted by Gasteiger charge is -2.39. The maximum absolute atomic E-state index is 14.2. The topological polar surface area (TPSA) is 78.8 Å². The fourth-order valence-corrected chi connectivity index (χ4v) is 5.56. The Kier molecular flexibility index (Phi) is 5.75. The third kappa shape index (κ3) is 3.96. The van der Waals surface area contributed by atoms with E-state index < -0.39 is 5.41 Å². The number of rotatable bonds is 5. The van der Waals surface area contributed by atoms with Gasteiger partial charge >= 0.3 is 0 Å². The van der Waals surface area contributed by atoms with Gasteiger partial charge in [-0.1, -0.05) is 42.5 Å². The van der Waals surface area contributed by atoms with Crippen LogP contribution in [-0.4, -0.2) is 41.4 Å². The van der Waals surface area contributed by atoms with E-state index in [0.717, 1.165) is 30.0 Å². The number of para-hydroxylation sites is 2. The van der Waals surface area contributed by atoms with Crippen molar-refractivity contribution >= 4 is 17.4 Å². The van der Waals surface area contributed by atoms with E-state index >= 15 is 0 Å². The molecule has 1 N–H and O–H groups in total. The Labute approximate surface area is 216 Å². The second-order valence-corrected chi connectivity index (χ2v) is 9.63. The smallest absolute Gasteiger partial charge is 0.239 e. The number of hydrogen-bond donors (Lipinski definition) is 1. The number of carbonyl (C=O) groups is 1. The summed E-state index contributed by atoms with van der Waals surface area (Å²) in [6.07, 6.45) is 1.36. The molecule has 6 rings (SSSR count). The molecule has 0 bridgehead atoms. The first-order valence-corrected chi connectivity index (χ1v) is 12.5. The molecule has 0 radical (unpaired) electrons. The van der Waals surface area contributed by atoms with Crippen molar-refractivity contribution in [1.82, 2.24) is 10.2 Å². The Morgan fingerprint density at radius 1 is 0.919 bits per heavy atom. The maximum Gasteiger partial charge on any atom is 0.239 e. The van der Waals surface area contributed by atoms with Gasteiger partial charge in [0.25, 0.3) is 0 Å². The van der Waals surface area contributed by atoms with Crippen LogP contribution in [0.25, 0.3) is 11.3 Å². The second-order valence-electron chi connectivity index (χ2n) is 9.63. The summed E-state index contributed by atoms with van der Waals surface area (Å²) >= 11 is 0. The molecule has 0 unspecified atom stereocenters. The standard InChI is InChI=1S/C30H28N4O3/c1-37-23-13-11-21(12-14-23)20-34-28-25(19-26(31-32-28)24-9-5-6-10-27(24)35)30(29(34)36)15-17-33(18-16-30)22-7-3-2-4-8-22/h2-14,19,35H,15-18,20H2,1H3. The number of methoxy groups -OCH3 is 1. The van der Waals surface area contributed by atoms with Gasteiger partial charge in [-0.25, -0.2) is 0 Å². The van der Waals surface area contributed by atoms with E-state index in [-0.39, 0.29) is 11.7 Å². The zero-order valence-electron chi connectivity index (χ0n) is 20.7. The number of nitrogens with zero attached hydrogens (tertiary/aromatic N) is 4. The van der Waals surface area contributed by atoms with Gasteiger partial charge in [0.2, 0.25) is 5.91 Å². The van der Waals surface area contributed by atoms with E-state index in [4.69, 9.17) is 4.74 Å². The van der Waals surface area contributed by atoms with Gasteiger partial charge in [0.1, 0.15) is 11.5 Å². The van der Waals surface area contributed by atoms with Gasteiger partial charge in [0.15, 0.2) is 5.82 Å². The zero-order chi connectivity index (χ0) is 25.4. The summed E-state index contributed by atoms with van der Waals surface area (Å²) in [5.41, 5.74) is 3.55. The van der Waals surface area contributed by atoms with Crippen LogP contribution in [0.5, 0.6) is 11.5 Å². The summed E-state index contributed by atoms with van der Waals surface area (Å²) in [5, 5.41) is 19.5. The molecule has 0 saturated carbocycles. The van der Waals surface area contributed by atoms with E-state index in [1.807, 2.05) is 60.7 Å². The number of piperidine rings is 1. The minimum absolute atomic E-state index is 0.0646. The molecule has 3 aromatic carbocycles. The molecule has 1 aromatic heterocycles. The van der Waals surface area contributed by atoms with E-state index in [0.29, 0.717) is 36.5 Å². The molecule has 1 saturated heterocycles. The van der Waals surface area contributed by atoms with Crippen molar-refractivity contribution in [3.8, 4) is 22.8 Å². The predicted molar refractivity (Wildman–Crippen MR) is 143 cm³/mol. The Hall–Kier alpha value is -4.39. The molecule has 1 fully saturated rings. The highest BCUT2D eigenvalue weighted by Gasteiger charge is 2.53. The van der Waals surface area contributed by atoms with E-state index in [1.165, 1.54) is 5.69 Å². The lowest BCUT2D eigenvalue weighted by molar-refractivity contribution is -0.124. The third-order valence-electron chi connectivity index (χ3n) is 7.62. The summed E-state index contributed by atoms with van der Waals surface area (Å²) in [4.78, 5) is 18.3. The van der Waals surface area contributed by atoms with Crippen LogP contribution in [0.2, 0.25) is 0 Å². The molecule has 4 aromatic rings. The van der Waals surface area contributed by atoms with Crippen LogP contribution in [0.4, 0.5) is 11.5 Å². The summed E-state index contributed by atoms with van der Waals surface area (Å²) in [6, 6.07) is 27.1. The number of fused-ring (bicyclic) bond motifs is 2. The second kappa shape index (κ2) is 9.24. The number of benzene rings is 3. The van der Waals surface area contributed by atoms with Crippen molar-refractivity contribution in [2.24, 2.45) is 0 Å². The minimum atomic E-state index is -0.678. The SMILES string of the molecule is COc1ccc(CN2C(=O)C3(CCN(c4ccccc4)CC3)c3cc(-c4ccccc4O)nnc32)cc1. The lowest BCUT2D eigenvalue weighted by atomic mass is 9.73. The number of phenols is 1. The molecule has 1 spiro atoms. The molecule has 7 nitrogen and oxygen atoms in total. The lowest BCUT2D eigenvalue weighted by Crippen LogP contribution is -2.48. The Bertz CT molecular complexity index is 1430. The largest absolute Gasteiger partial charge is 0.507 e. The van der Waals surface area contributed by atoms with Crippen LogP contribution >= 0.6 is 0 Å². The highest BCUT2D eigenvalue weighted by molar-refractivity contribution is 6.07. The molecule has 7 heteroatoms. The first-order valence-electron chi connectivity index (χ1n) is 12.5.